The van der Waals surface area contributed by atoms with Crippen LogP contribution in [0.15, 0.2) is 12.1 Å². The first-order chi connectivity index (χ1) is 8.08. The topological polar surface area (TPSA) is 26.0 Å². The van der Waals surface area contributed by atoms with Gasteiger partial charge in [-0.1, -0.05) is 37.3 Å². The molecule has 1 aromatic rings. The van der Waals surface area contributed by atoms with Gasteiger partial charge in [-0.05, 0) is 24.5 Å². The smallest absolute Gasteiger partial charge is 0.142 e. The molecule has 1 saturated carbocycles. The van der Waals surface area contributed by atoms with Gasteiger partial charge in [0.25, 0.3) is 0 Å². The van der Waals surface area contributed by atoms with Gasteiger partial charge in [-0.25, -0.2) is 8.78 Å². The molecule has 0 aliphatic heterocycles. The van der Waals surface area contributed by atoms with Crippen LogP contribution in [0.4, 0.5) is 8.78 Å². The number of nitrogens with two attached hydrogens (primary N) is 1. The molecule has 94 valence electrons. The molecule has 1 aromatic carbocycles. The third kappa shape index (κ3) is 2.96. The summed E-state index contributed by atoms with van der Waals surface area (Å²) in [5.41, 5.74) is 6.18. The molecular formula is C13H16ClF2N. The molecule has 1 nitrogen and oxygen atoms in total. The van der Waals surface area contributed by atoms with Crippen molar-refractivity contribution in [3.63, 3.8) is 0 Å². The molecule has 0 heterocycles. The Morgan fingerprint density at radius 1 is 1.24 bits per heavy atom. The number of rotatable bonds is 3. The zero-order chi connectivity index (χ0) is 12.4. The molecule has 0 saturated heterocycles. The summed E-state index contributed by atoms with van der Waals surface area (Å²) in [7, 11) is 0. The van der Waals surface area contributed by atoms with Crippen molar-refractivity contribution in [1.29, 1.82) is 0 Å². The van der Waals surface area contributed by atoms with Crippen LogP contribution in [0.2, 0.25) is 5.02 Å². The molecular weight excluding hydrogens is 244 g/mol. The number of hydrogen-bond donors (Lipinski definition) is 1. The Morgan fingerprint density at radius 2 is 1.88 bits per heavy atom. The van der Waals surface area contributed by atoms with Gasteiger partial charge in [0.2, 0.25) is 0 Å². The number of benzene rings is 1. The van der Waals surface area contributed by atoms with Crippen LogP contribution in [0.1, 0.15) is 43.7 Å². The zero-order valence-corrected chi connectivity index (χ0v) is 10.3. The summed E-state index contributed by atoms with van der Waals surface area (Å²) in [6.45, 7) is 0. The van der Waals surface area contributed by atoms with Gasteiger partial charge in [-0.2, -0.15) is 0 Å². The molecule has 0 spiro atoms. The van der Waals surface area contributed by atoms with Crippen LogP contribution < -0.4 is 5.73 Å². The van der Waals surface area contributed by atoms with E-state index in [1.54, 1.807) is 0 Å². The summed E-state index contributed by atoms with van der Waals surface area (Å²) < 4.78 is 26.9. The molecule has 1 aliphatic carbocycles. The molecule has 2 N–H and O–H groups in total. The van der Waals surface area contributed by atoms with Crippen LogP contribution in [0.5, 0.6) is 0 Å². The lowest BCUT2D eigenvalue weighted by atomic mass is 9.94. The van der Waals surface area contributed by atoms with E-state index in [2.05, 4.69) is 0 Å². The minimum atomic E-state index is -0.607. The molecule has 1 unspecified atom stereocenters. The largest absolute Gasteiger partial charge is 0.324 e. The highest BCUT2D eigenvalue weighted by Gasteiger charge is 2.21. The van der Waals surface area contributed by atoms with E-state index in [0.717, 1.165) is 31.4 Å². The van der Waals surface area contributed by atoms with E-state index < -0.39 is 17.7 Å². The summed E-state index contributed by atoms with van der Waals surface area (Å²) in [6.07, 6.45) is 5.44. The maximum atomic E-state index is 13.6. The third-order valence-electron chi connectivity index (χ3n) is 3.50. The predicted octanol–water partition coefficient (Wildman–Crippen LogP) is 4.20. The van der Waals surface area contributed by atoms with Gasteiger partial charge in [0.05, 0.1) is 5.02 Å². The van der Waals surface area contributed by atoms with E-state index in [4.69, 9.17) is 17.3 Å². The van der Waals surface area contributed by atoms with Gasteiger partial charge in [-0.15, -0.1) is 0 Å². The van der Waals surface area contributed by atoms with E-state index in [9.17, 15) is 8.78 Å². The average molecular weight is 260 g/mol. The lowest BCUT2D eigenvalue weighted by molar-refractivity contribution is 0.438. The molecule has 1 atom stereocenters. The fourth-order valence-electron chi connectivity index (χ4n) is 2.55. The highest BCUT2D eigenvalue weighted by Crippen LogP contribution is 2.33. The molecule has 0 bridgehead atoms. The van der Waals surface area contributed by atoms with Gasteiger partial charge in [0.15, 0.2) is 0 Å². The van der Waals surface area contributed by atoms with Crippen LogP contribution in [0.3, 0.4) is 0 Å². The van der Waals surface area contributed by atoms with Crippen molar-refractivity contribution in [2.75, 3.05) is 0 Å². The highest BCUT2D eigenvalue weighted by atomic mass is 35.5. The van der Waals surface area contributed by atoms with Gasteiger partial charge in [0, 0.05) is 11.6 Å². The summed E-state index contributed by atoms with van der Waals surface area (Å²) >= 11 is 5.51. The van der Waals surface area contributed by atoms with E-state index >= 15 is 0 Å². The first kappa shape index (κ1) is 12.8. The van der Waals surface area contributed by atoms with E-state index in [0.29, 0.717) is 5.92 Å². The molecule has 1 aliphatic rings. The Labute approximate surface area is 105 Å². The first-order valence-corrected chi connectivity index (χ1v) is 6.35. The third-order valence-corrected chi connectivity index (χ3v) is 3.79. The Hall–Kier alpha value is -0.670. The van der Waals surface area contributed by atoms with Gasteiger partial charge < -0.3 is 5.73 Å². The molecule has 4 heteroatoms. The minimum Gasteiger partial charge on any atom is -0.324 e. The van der Waals surface area contributed by atoms with Crippen LogP contribution in [-0.2, 0) is 0 Å². The fourth-order valence-corrected chi connectivity index (χ4v) is 2.70. The summed E-state index contributed by atoms with van der Waals surface area (Å²) in [6, 6.07) is 1.68. The zero-order valence-electron chi connectivity index (χ0n) is 9.56. The van der Waals surface area contributed by atoms with Crippen LogP contribution in [0.25, 0.3) is 0 Å². The quantitative estimate of drug-likeness (QED) is 0.809. The summed E-state index contributed by atoms with van der Waals surface area (Å²) in [5, 5.41) is -0.195. The lowest BCUT2D eigenvalue weighted by Crippen LogP contribution is -2.16. The second-order valence-electron chi connectivity index (χ2n) is 4.78. The Balaban J connectivity index is 2.12. The molecule has 0 aromatic heterocycles. The van der Waals surface area contributed by atoms with Crippen LogP contribution >= 0.6 is 11.6 Å². The Morgan fingerprint density at radius 3 is 2.53 bits per heavy atom. The Bertz CT molecular complexity index is 403. The van der Waals surface area contributed by atoms with Crippen molar-refractivity contribution < 1.29 is 8.78 Å². The van der Waals surface area contributed by atoms with Crippen LogP contribution in [-0.4, -0.2) is 0 Å². The second-order valence-corrected chi connectivity index (χ2v) is 5.19. The number of halogens is 3. The maximum absolute atomic E-state index is 13.6. The fraction of sp³-hybridized carbons (Fsp3) is 0.538. The highest BCUT2D eigenvalue weighted by molar-refractivity contribution is 6.30. The average Bonchev–Trinajstić information content (AvgIpc) is 2.76. The summed E-state index contributed by atoms with van der Waals surface area (Å²) in [4.78, 5) is 0. The van der Waals surface area contributed by atoms with Gasteiger partial charge in [-0.3, -0.25) is 0 Å². The van der Waals surface area contributed by atoms with Crippen molar-refractivity contribution in [3.05, 3.63) is 34.4 Å². The monoisotopic (exact) mass is 259 g/mol. The summed E-state index contributed by atoms with van der Waals surface area (Å²) in [5.74, 6) is -0.574. The lowest BCUT2D eigenvalue weighted by Gasteiger charge is -2.17. The van der Waals surface area contributed by atoms with Gasteiger partial charge >= 0.3 is 0 Å². The molecule has 17 heavy (non-hydrogen) atoms. The van der Waals surface area contributed by atoms with Crippen molar-refractivity contribution in [2.45, 2.75) is 38.1 Å². The predicted molar refractivity (Wildman–Crippen MR) is 64.9 cm³/mol. The molecule has 2 rings (SSSR count). The first-order valence-electron chi connectivity index (χ1n) is 5.98. The normalized spacial score (nSPS) is 18.6. The van der Waals surface area contributed by atoms with Crippen LogP contribution in [0, 0.1) is 17.6 Å². The van der Waals surface area contributed by atoms with E-state index in [-0.39, 0.29) is 10.6 Å². The molecule has 0 amide bonds. The second kappa shape index (κ2) is 5.32. The van der Waals surface area contributed by atoms with Crippen molar-refractivity contribution >= 4 is 11.6 Å². The Kier molecular flexibility index (Phi) is 4.00. The van der Waals surface area contributed by atoms with E-state index in [1.165, 1.54) is 12.8 Å². The SMILES string of the molecule is NC(CC1CCCC1)c1cc(F)c(Cl)cc1F. The van der Waals surface area contributed by atoms with E-state index in [1.807, 2.05) is 0 Å². The maximum Gasteiger partial charge on any atom is 0.142 e. The minimum absolute atomic E-state index is 0.195. The molecule has 1 fully saturated rings. The van der Waals surface area contributed by atoms with Gasteiger partial charge in [0.1, 0.15) is 11.6 Å². The van der Waals surface area contributed by atoms with Crippen molar-refractivity contribution in [1.82, 2.24) is 0 Å². The van der Waals surface area contributed by atoms with Crippen molar-refractivity contribution in [3.8, 4) is 0 Å². The standard InChI is InChI=1S/C13H16ClF2N/c14-10-7-11(15)9(6-12(10)16)13(17)5-8-3-1-2-4-8/h6-8,13H,1-5,17H2. The van der Waals surface area contributed by atoms with Crippen molar-refractivity contribution in [2.24, 2.45) is 11.7 Å². The number of hydrogen-bond acceptors (Lipinski definition) is 1. The molecule has 0 radical (unpaired) electrons.